The highest BCUT2D eigenvalue weighted by atomic mass is 14.9. The summed E-state index contributed by atoms with van der Waals surface area (Å²) in [7, 11) is 0. The number of pyridine rings is 1. The van der Waals surface area contributed by atoms with Crippen LogP contribution in [0.1, 0.15) is 43.7 Å². The predicted molar refractivity (Wildman–Crippen MR) is 67.2 cm³/mol. The molecule has 0 radical (unpaired) electrons. The van der Waals surface area contributed by atoms with Crippen LogP contribution < -0.4 is 5.32 Å². The SMILES string of the molecule is Cc1cnccc1CNC(C)C1CCCC1. The van der Waals surface area contributed by atoms with E-state index in [2.05, 4.69) is 30.2 Å². The van der Waals surface area contributed by atoms with Crippen molar-refractivity contribution in [3.8, 4) is 0 Å². The quantitative estimate of drug-likeness (QED) is 0.840. The van der Waals surface area contributed by atoms with Gasteiger partial charge in [0.2, 0.25) is 0 Å². The molecule has 1 aliphatic rings. The van der Waals surface area contributed by atoms with Crippen LogP contribution in [0.25, 0.3) is 0 Å². The van der Waals surface area contributed by atoms with Crippen molar-refractivity contribution in [2.45, 2.75) is 52.1 Å². The normalized spacial score (nSPS) is 18.9. The van der Waals surface area contributed by atoms with Gasteiger partial charge in [0.15, 0.2) is 0 Å². The number of hydrogen-bond acceptors (Lipinski definition) is 2. The van der Waals surface area contributed by atoms with Crippen LogP contribution in [0.2, 0.25) is 0 Å². The summed E-state index contributed by atoms with van der Waals surface area (Å²) in [6.07, 6.45) is 9.48. The Hall–Kier alpha value is -0.890. The molecule has 0 spiro atoms. The van der Waals surface area contributed by atoms with Gasteiger partial charge in [-0.3, -0.25) is 4.98 Å². The Morgan fingerprint density at radius 1 is 1.44 bits per heavy atom. The highest BCUT2D eigenvalue weighted by molar-refractivity contribution is 5.21. The summed E-state index contributed by atoms with van der Waals surface area (Å²) < 4.78 is 0. The summed E-state index contributed by atoms with van der Waals surface area (Å²) in [5, 5.41) is 3.65. The molecule has 1 unspecified atom stereocenters. The Bertz CT molecular complexity index is 329. The molecule has 2 heteroatoms. The molecular weight excluding hydrogens is 196 g/mol. The minimum absolute atomic E-state index is 0.648. The second-order valence-electron chi connectivity index (χ2n) is 5.02. The van der Waals surface area contributed by atoms with Gasteiger partial charge in [0.05, 0.1) is 0 Å². The molecule has 1 aromatic rings. The number of nitrogens with one attached hydrogen (secondary N) is 1. The smallest absolute Gasteiger partial charge is 0.0300 e. The second kappa shape index (κ2) is 5.44. The Labute approximate surface area is 98.5 Å². The lowest BCUT2D eigenvalue weighted by atomic mass is 9.99. The lowest BCUT2D eigenvalue weighted by Crippen LogP contribution is -2.31. The molecule has 1 atom stereocenters. The monoisotopic (exact) mass is 218 g/mol. The van der Waals surface area contributed by atoms with Crippen LogP contribution in [0.5, 0.6) is 0 Å². The molecule has 1 aliphatic carbocycles. The average Bonchev–Trinajstić information content (AvgIpc) is 2.81. The van der Waals surface area contributed by atoms with Crippen molar-refractivity contribution in [3.05, 3.63) is 29.6 Å². The first kappa shape index (κ1) is 11.6. The fourth-order valence-corrected chi connectivity index (χ4v) is 2.60. The van der Waals surface area contributed by atoms with E-state index in [-0.39, 0.29) is 0 Å². The van der Waals surface area contributed by atoms with E-state index in [1.807, 2.05) is 12.4 Å². The summed E-state index contributed by atoms with van der Waals surface area (Å²) in [6, 6.07) is 2.76. The molecule has 88 valence electrons. The van der Waals surface area contributed by atoms with Gasteiger partial charge in [-0.1, -0.05) is 12.8 Å². The Morgan fingerprint density at radius 3 is 2.88 bits per heavy atom. The second-order valence-corrected chi connectivity index (χ2v) is 5.02. The van der Waals surface area contributed by atoms with Crippen molar-refractivity contribution in [1.82, 2.24) is 10.3 Å². The molecule has 1 aromatic heterocycles. The first-order valence-electron chi connectivity index (χ1n) is 6.40. The number of rotatable bonds is 4. The maximum absolute atomic E-state index is 4.12. The van der Waals surface area contributed by atoms with Gasteiger partial charge in [0.1, 0.15) is 0 Å². The Morgan fingerprint density at radius 2 is 2.19 bits per heavy atom. The third kappa shape index (κ3) is 2.82. The standard InChI is InChI=1S/C14H22N2/c1-11-9-15-8-7-14(11)10-16-12(2)13-5-3-4-6-13/h7-9,12-13,16H,3-6,10H2,1-2H3. The topological polar surface area (TPSA) is 24.9 Å². The van der Waals surface area contributed by atoms with E-state index in [1.165, 1.54) is 36.8 Å². The molecule has 2 nitrogen and oxygen atoms in total. The van der Waals surface area contributed by atoms with Gasteiger partial charge in [-0.2, -0.15) is 0 Å². The fraction of sp³-hybridized carbons (Fsp3) is 0.643. The van der Waals surface area contributed by atoms with Crippen molar-refractivity contribution < 1.29 is 0 Å². The van der Waals surface area contributed by atoms with E-state index in [1.54, 1.807) is 0 Å². The van der Waals surface area contributed by atoms with Crippen molar-refractivity contribution in [2.24, 2.45) is 5.92 Å². The number of hydrogen-bond donors (Lipinski definition) is 1. The maximum atomic E-state index is 4.12. The van der Waals surface area contributed by atoms with Crippen LogP contribution in [-0.4, -0.2) is 11.0 Å². The summed E-state index contributed by atoms with van der Waals surface area (Å²) in [6.45, 7) is 5.43. The van der Waals surface area contributed by atoms with E-state index in [4.69, 9.17) is 0 Å². The minimum Gasteiger partial charge on any atom is -0.310 e. The fourth-order valence-electron chi connectivity index (χ4n) is 2.60. The van der Waals surface area contributed by atoms with Crippen molar-refractivity contribution in [2.75, 3.05) is 0 Å². The number of nitrogens with zero attached hydrogens (tertiary/aromatic N) is 1. The highest BCUT2D eigenvalue weighted by Crippen LogP contribution is 2.27. The molecule has 0 bridgehead atoms. The third-order valence-corrected chi connectivity index (χ3v) is 3.86. The van der Waals surface area contributed by atoms with E-state index in [0.29, 0.717) is 6.04 Å². The van der Waals surface area contributed by atoms with Gasteiger partial charge in [-0.15, -0.1) is 0 Å². The molecule has 0 amide bonds. The highest BCUT2D eigenvalue weighted by Gasteiger charge is 2.20. The summed E-state index contributed by atoms with van der Waals surface area (Å²) in [5.74, 6) is 0.891. The summed E-state index contributed by atoms with van der Waals surface area (Å²) in [5.41, 5.74) is 2.66. The van der Waals surface area contributed by atoms with Gasteiger partial charge in [-0.05, 0) is 49.8 Å². The third-order valence-electron chi connectivity index (χ3n) is 3.86. The Balaban J connectivity index is 1.84. The lowest BCUT2D eigenvalue weighted by molar-refractivity contribution is 0.380. The first-order valence-corrected chi connectivity index (χ1v) is 6.40. The van der Waals surface area contributed by atoms with E-state index in [0.717, 1.165) is 12.5 Å². The van der Waals surface area contributed by atoms with Crippen molar-refractivity contribution in [1.29, 1.82) is 0 Å². The van der Waals surface area contributed by atoms with Gasteiger partial charge in [0.25, 0.3) is 0 Å². The zero-order valence-electron chi connectivity index (χ0n) is 10.4. The minimum atomic E-state index is 0.648. The van der Waals surface area contributed by atoms with E-state index in [9.17, 15) is 0 Å². The van der Waals surface area contributed by atoms with Crippen molar-refractivity contribution in [3.63, 3.8) is 0 Å². The predicted octanol–water partition coefficient (Wildman–Crippen LogP) is 3.06. The summed E-state index contributed by atoms with van der Waals surface area (Å²) >= 11 is 0. The zero-order chi connectivity index (χ0) is 11.4. The largest absolute Gasteiger partial charge is 0.310 e. The molecule has 1 fully saturated rings. The lowest BCUT2D eigenvalue weighted by Gasteiger charge is -2.20. The van der Waals surface area contributed by atoms with Crippen LogP contribution >= 0.6 is 0 Å². The molecule has 2 rings (SSSR count). The number of aromatic nitrogens is 1. The zero-order valence-corrected chi connectivity index (χ0v) is 10.4. The van der Waals surface area contributed by atoms with Crippen LogP contribution in [0.3, 0.4) is 0 Å². The van der Waals surface area contributed by atoms with Crippen LogP contribution in [0, 0.1) is 12.8 Å². The van der Waals surface area contributed by atoms with E-state index < -0.39 is 0 Å². The molecule has 1 saturated carbocycles. The average molecular weight is 218 g/mol. The Kier molecular flexibility index (Phi) is 3.94. The van der Waals surface area contributed by atoms with Gasteiger partial charge in [0, 0.05) is 25.0 Å². The molecule has 0 saturated heterocycles. The van der Waals surface area contributed by atoms with Gasteiger partial charge >= 0.3 is 0 Å². The van der Waals surface area contributed by atoms with Crippen LogP contribution in [0.4, 0.5) is 0 Å². The summed E-state index contributed by atoms with van der Waals surface area (Å²) in [4.78, 5) is 4.12. The molecular formula is C14H22N2. The van der Waals surface area contributed by atoms with E-state index >= 15 is 0 Å². The number of aryl methyl sites for hydroxylation is 1. The molecule has 1 N–H and O–H groups in total. The van der Waals surface area contributed by atoms with Crippen LogP contribution in [0.15, 0.2) is 18.5 Å². The van der Waals surface area contributed by atoms with Gasteiger partial charge < -0.3 is 5.32 Å². The maximum Gasteiger partial charge on any atom is 0.0300 e. The molecule has 0 aromatic carbocycles. The first-order chi connectivity index (χ1) is 7.77. The molecule has 0 aliphatic heterocycles. The van der Waals surface area contributed by atoms with Crippen molar-refractivity contribution >= 4 is 0 Å². The molecule has 16 heavy (non-hydrogen) atoms. The van der Waals surface area contributed by atoms with Crippen LogP contribution in [-0.2, 0) is 6.54 Å². The van der Waals surface area contributed by atoms with Gasteiger partial charge in [-0.25, -0.2) is 0 Å². The molecule has 1 heterocycles.